The zero-order valence-electron chi connectivity index (χ0n) is 12.3. The lowest BCUT2D eigenvalue weighted by Crippen LogP contribution is -2.11. The van der Waals surface area contributed by atoms with Crippen molar-refractivity contribution < 1.29 is 13.5 Å². The number of rotatable bonds is 5. The highest BCUT2D eigenvalue weighted by atomic mass is 32.2. The van der Waals surface area contributed by atoms with E-state index in [1.165, 1.54) is 0 Å². The van der Waals surface area contributed by atoms with Gasteiger partial charge in [0.05, 0.1) is 6.61 Å². The molecule has 0 saturated carbocycles. The molecular weight excluding hydrogens is 306 g/mol. The summed E-state index contributed by atoms with van der Waals surface area (Å²) in [5.41, 5.74) is 2.49. The lowest BCUT2D eigenvalue weighted by molar-refractivity contribution is 0.285. The molecule has 0 saturated heterocycles. The molecule has 0 aliphatic heterocycles. The largest absolute Gasteiger partial charge is 0.391 e. The fourth-order valence-electron chi connectivity index (χ4n) is 1.92. The maximum atomic E-state index is 12.3. The second kappa shape index (κ2) is 6.17. The third-order valence-corrected chi connectivity index (χ3v) is 6.31. The molecule has 0 spiro atoms. The Balaban J connectivity index is 2.24. The molecule has 0 fully saturated rings. The van der Waals surface area contributed by atoms with E-state index in [0.29, 0.717) is 16.5 Å². The average Bonchev–Trinajstić information content (AvgIpc) is 2.81. The van der Waals surface area contributed by atoms with Gasteiger partial charge < -0.3 is 5.11 Å². The van der Waals surface area contributed by atoms with Gasteiger partial charge in [-0.1, -0.05) is 26.0 Å². The van der Waals surface area contributed by atoms with Crippen molar-refractivity contribution in [3.05, 3.63) is 46.3 Å². The van der Waals surface area contributed by atoms with Crippen molar-refractivity contribution in [2.75, 3.05) is 4.72 Å². The predicted molar refractivity (Wildman–Crippen MR) is 86.3 cm³/mol. The van der Waals surface area contributed by atoms with Crippen LogP contribution in [0.1, 0.15) is 35.8 Å². The maximum Gasteiger partial charge on any atom is 0.271 e. The summed E-state index contributed by atoms with van der Waals surface area (Å²) in [4.78, 5) is 0.672. The molecule has 4 nitrogen and oxygen atoms in total. The monoisotopic (exact) mass is 325 g/mol. The number of anilines is 1. The summed E-state index contributed by atoms with van der Waals surface area (Å²) in [6.45, 7) is 5.82. The minimum absolute atomic E-state index is 0.144. The average molecular weight is 325 g/mol. The van der Waals surface area contributed by atoms with E-state index in [4.69, 9.17) is 5.11 Å². The van der Waals surface area contributed by atoms with Crippen molar-refractivity contribution >= 4 is 27.0 Å². The zero-order valence-corrected chi connectivity index (χ0v) is 13.9. The molecule has 2 N–H and O–H groups in total. The number of hydrogen-bond acceptors (Lipinski definition) is 4. The van der Waals surface area contributed by atoms with Gasteiger partial charge in [-0.3, -0.25) is 4.72 Å². The van der Waals surface area contributed by atoms with E-state index in [-0.39, 0.29) is 10.8 Å². The van der Waals surface area contributed by atoms with E-state index < -0.39 is 10.0 Å². The number of aliphatic hydroxyl groups excluding tert-OH is 1. The van der Waals surface area contributed by atoms with Crippen LogP contribution in [0.25, 0.3) is 0 Å². The molecule has 0 radical (unpaired) electrons. The third kappa shape index (κ3) is 3.64. The minimum Gasteiger partial charge on any atom is -0.391 e. The van der Waals surface area contributed by atoms with Crippen molar-refractivity contribution in [1.29, 1.82) is 0 Å². The quantitative estimate of drug-likeness (QED) is 0.884. The number of nitrogens with one attached hydrogen (secondary N) is 1. The van der Waals surface area contributed by atoms with E-state index in [9.17, 15) is 8.42 Å². The van der Waals surface area contributed by atoms with Gasteiger partial charge in [0.1, 0.15) is 4.21 Å². The lowest BCUT2D eigenvalue weighted by Gasteiger charge is -2.09. The smallest absolute Gasteiger partial charge is 0.271 e. The second-order valence-electron chi connectivity index (χ2n) is 5.21. The van der Waals surface area contributed by atoms with Crippen molar-refractivity contribution in [1.82, 2.24) is 0 Å². The molecule has 1 aromatic carbocycles. The summed E-state index contributed by atoms with van der Waals surface area (Å²) in [5.74, 6) is 0.405. The van der Waals surface area contributed by atoms with Crippen LogP contribution >= 0.6 is 11.3 Å². The Labute approximate surface area is 129 Å². The Hall–Kier alpha value is -1.37. The summed E-state index contributed by atoms with van der Waals surface area (Å²) < 4.78 is 27.4. The number of hydrogen-bond donors (Lipinski definition) is 2. The molecule has 0 bridgehead atoms. The van der Waals surface area contributed by atoms with E-state index >= 15 is 0 Å². The summed E-state index contributed by atoms with van der Waals surface area (Å²) in [6, 6.07) is 8.95. The van der Waals surface area contributed by atoms with Crippen LogP contribution in [-0.2, 0) is 16.6 Å². The normalized spacial score (nSPS) is 11.9. The third-order valence-electron chi connectivity index (χ3n) is 3.24. The molecular formula is C15H19NO3S2. The highest BCUT2D eigenvalue weighted by Crippen LogP contribution is 2.28. The number of thiophene rings is 1. The van der Waals surface area contributed by atoms with Crippen molar-refractivity contribution in [2.45, 2.75) is 37.5 Å². The topological polar surface area (TPSA) is 66.4 Å². The van der Waals surface area contributed by atoms with E-state index in [2.05, 4.69) is 18.6 Å². The van der Waals surface area contributed by atoms with Crippen LogP contribution in [0.4, 0.5) is 5.69 Å². The molecule has 0 aliphatic carbocycles. The molecule has 21 heavy (non-hydrogen) atoms. The van der Waals surface area contributed by atoms with Crippen LogP contribution < -0.4 is 4.72 Å². The lowest BCUT2D eigenvalue weighted by atomic mass is 10.0. The molecule has 6 heteroatoms. The molecule has 0 unspecified atom stereocenters. The Morgan fingerprint density at radius 3 is 2.33 bits per heavy atom. The number of aliphatic hydroxyl groups is 1. The minimum atomic E-state index is -3.60. The molecule has 0 atom stereocenters. The highest BCUT2D eigenvalue weighted by molar-refractivity contribution is 7.94. The molecule has 1 heterocycles. The molecule has 114 valence electrons. The molecule has 0 aliphatic rings. The predicted octanol–water partition coefficient (Wildman–Crippen LogP) is 3.47. The van der Waals surface area contributed by atoms with Gasteiger partial charge in [-0.2, -0.15) is 0 Å². The summed E-state index contributed by atoms with van der Waals surface area (Å²) in [5, 5.41) is 9.16. The summed E-state index contributed by atoms with van der Waals surface area (Å²) >= 11 is 1.09. The van der Waals surface area contributed by atoms with Gasteiger partial charge >= 0.3 is 0 Å². The highest BCUT2D eigenvalue weighted by Gasteiger charge is 2.18. The standard InChI is InChI=1S/C15H19NO3S2/c1-10(2)12-4-6-13(7-5-12)16-21(18,19)15-8-11(3)14(9-17)20-15/h4-8,10,16-17H,9H2,1-3H3. The SMILES string of the molecule is Cc1cc(S(=O)(=O)Nc2ccc(C(C)C)cc2)sc1CO. The Morgan fingerprint density at radius 2 is 1.86 bits per heavy atom. The molecule has 2 aromatic rings. The van der Waals surface area contributed by atoms with Crippen LogP contribution in [0.5, 0.6) is 0 Å². The van der Waals surface area contributed by atoms with Crippen molar-refractivity contribution in [3.63, 3.8) is 0 Å². The van der Waals surface area contributed by atoms with Gasteiger partial charge in [-0.25, -0.2) is 8.42 Å². The summed E-state index contributed by atoms with van der Waals surface area (Å²) in [7, 11) is -3.60. The first-order valence-corrected chi connectivity index (χ1v) is 8.96. The fourth-order valence-corrected chi connectivity index (χ4v) is 4.43. The fraction of sp³-hybridized carbons (Fsp3) is 0.333. The first kappa shape index (κ1) is 16.0. The first-order valence-electron chi connectivity index (χ1n) is 6.66. The second-order valence-corrected chi connectivity index (χ2v) is 8.26. The first-order chi connectivity index (χ1) is 9.83. The molecule has 0 amide bonds. The van der Waals surface area contributed by atoms with E-state index in [1.54, 1.807) is 25.1 Å². The van der Waals surface area contributed by atoms with Crippen LogP contribution in [0, 0.1) is 6.92 Å². The maximum absolute atomic E-state index is 12.3. The van der Waals surface area contributed by atoms with Gasteiger partial charge in [0, 0.05) is 10.6 Å². The Kier molecular flexibility index (Phi) is 4.70. The van der Waals surface area contributed by atoms with E-state index in [0.717, 1.165) is 22.5 Å². The molecule has 2 rings (SSSR count). The van der Waals surface area contributed by atoms with Gasteiger partial charge in [0.15, 0.2) is 0 Å². The molecule has 1 aromatic heterocycles. The van der Waals surface area contributed by atoms with E-state index in [1.807, 2.05) is 12.1 Å². The van der Waals surface area contributed by atoms with Crippen molar-refractivity contribution in [2.24, 2.45) is 0 Å². The van der Waals surface area contributed by atoms with Gasteiger partial charge in [0.25, 0.3) is 10.0 Å². The number of aryl methyl sites for hydroxylation is 1. The number of sulfonamides is 1. The van der Waals surface area contributed by atoms with Crippen LogP contribution in [0.3, 0.4) is 0 Å². The zero-order chi connectivity index (χ0) is 15.6. The van der Waals surface area contributed by atoms with Crippen LogP contribution in [0.15, 0.2) is 34.5 Å². The van der Waals surface area contributed by atoms with Crippen LogP contribution in [-0.4, -0.2) is 13.5 Å². The van der Waals surface area contributed by atoms with Gasteiger partial charge in [-0.05, 0) is 42.2 Å². The number of benzene rings is 1. The van der Waals surface area contributed by atoms with Gasteiger partial charge in [0.2, 0.25) is 0 Å². The summed E-state index contributed by atoms with van der Waals surface area (Å²) in [6.07, 6.45) is 0. The van der Waals surface area contributed by atoms with Crippen molar-refractivity contribution in [3.8, 4) is 0 Å². The Bertz CT molecular complexity index is 716. The Morgan fingerprint density at radius 1 is 1.24 bits per heavy atom. The van der Waals surface area contributed by atoms with Crippen LogP contribution in [0.2, 0.25) is 0 Å². The van der Waals surface area contributed by atoms with Gasteiger partial charge in [-0.15, -0.1) is 11.3 Å².